The van der Waals surface area contributed by atoms with Crippen molar-refractivity contribution in [2.75, 3.05) is 5.32 Å². The lowest BCUT2D eigenvalue weighted by atomic mass is 10.1. The molecule has 0 radical (unpaired) electrons. The number of halogens is 1. The summed E-state index contributed by atoms with van der Waals surface area (Å²) >= 11 is 5.87. The number of nitrogens with one attached hydrogen (secondary N) is 1. The maximum atomic E-state index is 5.87. The molecule has 2 nitrogen and oxygen atoms in total. The second kappa shape index (κ2) is 4.98. The molecule has 1 aromatic heterocycles. The van der Waals surface area contributed by atoms with E-state index < -0.39 is 0 Å². The third-order valence-electron chi connectivity index (χ3n) is 3.21. The smallest absolute Gasteiger partial charge is 0.134 e. The third kappa shape index (κ3) is 2.45. The summed E-state index contributed by atoms with van der Waals surface area (Å²) in [6.07, 6.45) is 0. The zero-order valence-electron chi connectivity index (χ0n) is 10.6. The Bertz CT molecular complexity index is 700. The highest BCUT2D eigenvalue weighted by Crippen LogP contribution is 2.26. The van der Waals surface area contributed by atoms with Crippen LogP contribution in [0.2, 0.25) is 5.02 Å². The van der Waals surface area contributed by atoms with Gasteiger partial charge >= 0.3 is 0 Å². The highest BCUT2D eigenvalue weighted by Gasteiger charge is 2.09. The SMILES string of the molecule is Cc1oc2ccccc2c1CNc1ccc(Cl)cc1. The van der Waals surface area contributed by atoms with E-state index in [1.807, 2.05) is 49.4 Å². The third-order valence-corrected chi connectivity index (χ3v) is 3.47. The number of fused-ring (bicyclic) bond motifs is 1. The van der Waals surface area contributed by atoms with Crippen LogP contribution in [-0.4, -0.2) is 0 Å². The standard InChI is InChI=1S/C16H14ClNO/c1-11-15(14-4-2-3-5-16(14)19-11)10-18-13-8-6-12(17)7-9-13/h2-9,18H,10H2,1H3. The Labute approximate surface area is 117 Å². The second-order valence-electron chi connectivity index (χ2n) is 4.49. The summed E-state index contributed by atoms with van der Waals surface area (Å²) in [5.74, 6) is 0.961. The van der Waals surface area contributed by atoms with Crippen molar-refractivity contribution in [2.45, 2.75) is 13.5 Å². The number of aryl methyl sites for hydroxylation is 1. The van der Waals surface area contributed by atoms with Crippen LogP contribution in [-0.2, 0) is 6.54 Å². The molecule has 0 atom stereocenters. The molecule has 19 heavy (non-hydrogen) atoms. The lowest BCUT2D eigenvalue weighted by Crippen LogP contribution is -1.99. The summed E-state index contributed by atoms with van der Waals surface area (Å²) in [4.78, 5) is 0. The molecule has 0 amide bonds. The maximum absolute atomic E-state index is 5.87. The minimum Gasteiger partial charge on any atom is -0.461 e. The normalized spacial score (nSPS) is 10.8. The Hall–Kier alpha value is -1.93. The first-order chi connectivity index (χ1) is 9.24. The van der Waals surface area contributed by atoms with Gasteiger partial charge in [-0.15, -0.1) is 0 Å². The summed E-state index contributed by atoms with van der Waals surface area (Å²) < 4.78 is 5.75. The molecule has 0 bridgehead atoms. The molecule has 0 aliphatic carbocycles. The zero-order chi connectivity index (χ0) is 13.2. The quantitative estimate of drug-likeness (QED) is 0.725. The van der Waals surface area contributed by atoms with Crippen LogP contribution in [0.5, 0.6) is 0 Å². The molecule has 0 aliphatic heterocycles. The van der Waals surface area contributed by atoms with E-state index in [1.165, 1.54) is 10.9 Å². The van der Waals surface area contributed by atoms with Gasteiger partial charge < -0.3 is 9.73 Å². The number of rotatable bonds is 3. The molecule has 0 fully saturated rings. The minimum absolute atomic E-state index is 0.741. The summed E-state index contributed by atoms with van der Waals surface area (Å²) in [7, 11) is 0. The van der Waals surface area contributed by atoms with Crippen LogP contribution in [0.15, 0.2) is 52.9 Å². The highest BCUT2D eigenvalue weighted by molar-refractivity contribution is 6.30. The van der Waals surface area contributed by atoms with Gasteiger partial charge in [0, 0.05) is 28.2 Å². The number of hydrogen-bond donors (Lipinski definition) is 1. The van der Waals surface area contributed by atoms with Crippen molar-refractivity contribution in [2.24, 2.45) is 0 Å². The minimum atomic E-state index is 0.741. The van der Waals surface area contributed by atoms with Crippen LogP contribution in [0.3, 0.4) is 0 Å². The van der Waals surface area contributed by atoms with Crippen molar-refractivity contribution in [3.63, 3.8) is 0 Å². The molecule has 0 spiro atoms. The van der Waals surface area contributed by atoms with E-state index in [9.17, 15) is 0 Å². The van der Waals surface area contributed by atoms with Crippen LogP contribution < -0.4 is 5.32 Å². The number of anilines is 1. The molecule has 96 valence electrons. The Balaban J connectivity index is 1.85. The Morgan fingerprint density at radius 2 is 1.79 bits per heavy atom. The summed E-state index contributed by atoms with van der Waals surface area (Å²) in [6, 6.07) is 15.8. The van der Waals surface area contributed by atoms with E-state index in [-0.39, 0.29) is 0 Å². The molecule has 3 rings (SSSR count). The van der Waals surface area contributed by atoms with E-state index in [2.05, 4.69) is 11.4 Å². The molecule has 1 heterocycles. The van der Waals surface area contributed by atoms with Crippen molar-refractivity contribution in [3.05, 3.63) is 64.9 Å². The molecule has 3 aromatic rings. The van der Waals surface area contributed by atoms with Crippen LogP contribution in [0, 0.1) is 6.92 Å². The Morgan fingerprint density at radius 1 is 1.05 bits per heavy atom. The molecule has 0 saturated heterocycles. The number of hydrogen-bond acceptors (Lipinski definition) is 2. The van der Waals surface area contributed by atoms with Gasteiger partial charge in [-0.2, -0.15) is 0 Å². The highest BCUT2D eigenvalue weighted by atomic mass is 35.5. The number of benzene rings is 2. The molecule has 1 N–H and O–H groups in total. The maximum Gasteiger partial charge on any atom is 0.134 e. The molecule has 2 aromatic carbocycles. The van der Waals surface area contributed by atoms with Gasteiger partial charge in [0.25, 0.3) is 0 Å². The van der Waals surface area contributed by atoms with Crippen molar-refractivity contribution < 1.29 is 4.42 Å². The Kier molecular flexibility index (Phi) is 3.18. The van der Waals surface area contributed by atoms with Gasteiger partial charge in [0.1, 0.15) is 11.3 Å². The van der Waals surface area contributed by atoms with Crippen LogP contribution in [0.1, 0.15) is 11.3 Å². The van der Waals surface area contributed by atoms with Gasteiger partial charge in [-0.3, -0.25) is 0 Å². The molecular weight excluding hydrogens is 258 g/mol. The van der Waals surface area contributed by atoms with Crippen LogP contribution in [0.25, 0.3) is 11.0 Å². The monoisotopic (exact) mass is 271 g/mol. The lowest BCUT2D eigenvalue weighted by Gasteiger charge is -2.06. The largest absolute Gasteiger partial charge is 0.461 e. The molecule has 0 aliphatic rings. The van der Waals surface area contributed by atoms with E-state index in [4.69, 9.17) is 16.0 Å². The topological polar surface area (TPSA) is 25.2 Å². The van der Waals surface area contributed by atoms with Crippen molar-refractivity contribution >= 4 is 28.3 Å². The van der Waals surface area contributed by atoms with Crippen molar-refractivity contribution in [3.8, 4) is 0 Å². The van der Waals surface area contributed by atoms with Crippen molar-refractivity contribution in [1.82, 2.24) is 0 Å². The fourth-order valence-corrected chi connectivity index (χ4v) is 2.33. The molecular formula is C16H14ClNO. The van der Waals surface area contributed by atoms with E-state index in [1.54, 1.807) is 0 Å². The summed E-state index contributed by atoms with van der Waals surface area (Å²) in [5, 5.41) is 5.30. The number of furan rings is 1. The second-order valence-corrected chi connectivity index (χ2v) is 4.93. The first kappa shape index (κ1) is 12.1. The van der Waals surface area contributed by atoms with Gasteiger partial charge in [0.2, 0.25) is 0 Å². The lowest BCUT2D eigenvalue weighted by molar-refractivity contribution is 0.573. The summed E-state index contributed by atoms with van der Waals surface area (Å²) in [6.45, 7) is 2.74. The average Bonchev–Trinajstić information content (AvgIpc) is 2.74. The number of para-hydroxylation sites is 1. The van der Waals surface area contributed by atoms with E-state index >= 15 is 0 Å². The van der Waals surface area contributed by atoms with Gasteiger partial charge in [-0.25, -0.2) is 0 Å². The summed E-state index contributed by atoms with van der Waals surface area (Å²) in [5.41, 5.74) is 3.19. The van der Waals surface area contributed by atoms with E-state index in [0.29, 0.717) is 0 Å². The van der Waals surface area contributed by atoms with Gasteiger partial charge in [0.15, 0.2) is 0 Å². The molecule has 0 unspecified atom stereocenters. The molecule has 3 heteroatoms. The van der Waals surface area contributed by atoms with Crippen molar-refractivity contribution in [1.29, 1.82) is 0 Å². The zero-order valence-corrected chi connectivity index (χ0v) is 11.4. The van der Waals surface area contributed by atoms with Gasteiger partial charge in [0.05, 0.1) is 0 Å². The predicted octanol–water partition coefficient (Wildman–Crippen LogP) is 5.01. The average molecular weight is 272 g/mol. The first-order valence-electron chi connectivity index (χ1n) is 6.20. The Morgan fingerprint density at radius 3 is 2.58 bits per heavy atom. The van der Waals surface area contributed by atoms with Crippen LogP contribution in [0.4, 0.5) is 5.69 Å². The van der Waals surface area contributed by atoms with Crippen LogP contribution >= 0.6 is 11.6 Å². The fourth-order valence-electron chi connectivity index (χ4n) is 2.20. The molecule has 0 saturated carbocycles. The van der Waals surface area contributed by atoms with E-state index in [0.717, 1.165) is 28.6 Å². The first-order valence-corrected chi connectivity index (χ1v) is 6.58. The predicted molar refractivity (Wildman–Crippen MR) is 79.7 cm³/mol. The van der Waals surface area contributed by atoms with Gasteiger partial charge in [-0.05, 0) is 37.3 Å². The fraction of sp³-hybridized carbons (Fsp3) is 0.125. The van der Waals surface area contributed by atoms with Gasteiger partial charge in [-0.1, -0.05) is 29.8 Å².